The van der Waals surface area contributed by atoms with Crippen molar-refractivity contribution in [2.45, 2.75) is 59.0 Å². The normalized spacial score (nSPS) is 13.2. The van der Waals surface area contributed by atoms with Crippen LogP contribution in [0, 0.1) is 17.2 Å². The van der Waals surface area contributed by atoms with E-state index < -0.39 is 5.60 Å². The van der Waals surface area contributed by atoms with Crippen LogP contribution in [0.2, 0.25) is 0 Å². The van der Waals surface area contributed by atoms with Gasteiger partial charge in [-0.05, 0) is 37.5 Å². The predicted octanol–water partition coefficient (Wildman–Crippen LogP) is 4.52. The molecule has 0 unspecified atom stereocenters. The number of methoxy groups -OCH3 is 1. The van der Waals surface area contributed by atoms with Gasteiger partial charge in [0.1, 0.15) is 17.4 Å². The number of nitrogens with one attached hydrogen (secondary N) is 1. The van der Waals surface area contributed by atoms with E-state index >= 15 is 0 Å². The van der Waals surface area contributed by atoms with E-state index in [0.29, 0.717) is 35.9 Å². The zero-order chi connectivity index (χ0) is 18.9. The zero-order valence-electron chi connectivity index (χ0n) is 16.0. The van der Waals surface area contributed by atoms with E-state index in [-0.39, 0.29) is 5.91 Å². The van der Waals surface area contributed by atoms with Gasteiger partial charge in [-0.1, -0.05) is 40.0 Å². The van der Waals surface area contributed by atoms with Gasteiger partial charge >= 0.3 is 0 Å². The van der Waals surface area contributed by atoms with Gasteiger partial charge in [-0.3, -0.25) is 4.79 Å². The quantitative estimate of drug-likeness (QED) is 0.632. The molecule has 0 bridgehead atoms. The molecule has 25 heavy (non-hydrogen) atoms. The summed E-state index contributed by atoms with van der Waals surface area (Å²) >= 11 is 0. The van der Waals surface area contributed by atoms with Gasteiger partial charge in [0.25, 0.3) is 5.91 Å². The van der Waals surface area contributed by atoms with Gasteiger partial charge in [0.05, 0.1) is 17.9 Å². The van der Waals surface area contributed by atoms with Crippen molar-refractivity contribution in [3.05, 3.63) is 23.8 Å². The fraction of sp³-hybridized carbons (Fsp3) is 0.600. The average molecular weight is 346 g/mol. The molecule has 1 aromatic rings. The first kappa shape index (κ1) is 21.0. The van der Waals surface area contributed by atoms with Gasteiger partial charge in [-0.2, -0.15) is 5.26 Å². The fourth-order valence-electron chi connectivity index (χ4n) is 2.35. The third-order valence-electron chi connectivity index (χ3n) is 4.13. The van der Waals surface area contributed by atoms with E-state index in [1.807, 2.05) is 0 Å². The number of rotatable bonds is 10. The Bertz CT molecular complexity index is 607. The molecule has 1 rings (SSSR count). The van der Waals surface area contributed by atoms with Crippen LogP contribution in [-0.4, -0.2) is 25.2 Å². The van der Waals surface area contributed by atoms with Gasteiger partial charge in [0, 0.05) is 7.11 Å². The number of unbranched alkanes of at least 4 members (excludes halogenated alkanes) is 2. The highest BCUT2D eigenvalue weighted by molar-refractivity contribution is 5.98. The third kappa shape index (κ3) is 6.39. The third-order valence-corrected chi connectivity index (χ3v) is 4.13. The Kier molecular flexibility index (Phi) is 8.44. The first-order valence-corrected chi connectivity index (χ1v) is 8.89. The molecule has 0 aliphatic carbocycles. The van der Waals surface area contributed by atoms with Crippen LogP contribution in [0.25, 0.3) is 0 Å². The Balaban J connectivity index is 2.86. The minimum atomic E-state index is -0.908. The second-order valence-electron chi connectivity index (χ2n) is 6.87. The van der Waals surface area contributed by atoms with Gasteiger partial charge in [-0.25, -0.2) is 0 Å². The summed E-state index contributed by atoms with van der Waals surface area (Å²) in [4.78, 5) is 12.7. The van der Waals surface area contributed by atoms with Crippen LogP contribution in [0.5, 0.6) is 5.75 Å². The van der Waals surface area contributed by atoms with Crippen molar-refractivity contribution in [2.75, 3.05) is 19.0 Å². The lowest BCUT2D eigenvalue weighted by atomic mass is 9.96. The summed E-state index contributed by atoms with van der Waals surface area (Å²) in [7, 11) is 1.54. The highest BCUT2D eigenvalue weighted by Crippen LogP contribution is 2.25. The molecule has 0 aliphatic heterocycles. The summed E-state index contributed by atoms with van der Waals surface area (Å²) in [6.07, 6.45) is 3.69. The number of hydrogen-bond acceptors (Lipinski definition) is 4. The number of nitriles is 1. The van der Waals surface area contributed by atoms with E-state index in [1.54, 1.807) is 32.2 Å². The second-order valence-corrected chi connectivity index (χ2v) is 6.87. The standard InChI is InChI=1S/C20H30N2O3/c1-6-7-8-11-20(4,24-5)19(23)22-18-10-9-17(12-16(18)13-21)25-14-15(2)3/h9-10,12,15H,6-8,11,14H2,1-5H3,(H,22,23)/t20-/m0/s1. The molecular weight excluding hydrogens is 316 g/mol. The van der Waals surface area contributed by atoms with E-state index in [2.05, 4.69) is 32.2 Å². The Morgan fingerprint density at radius 2 is 2.08 bits per heavy atom. The molecule has 0 aromatic heterocycles. The molecule has 0 saturated carbocycles. The van der Waals surface area contributed by atoms with Crippen molar-refractivity contribution in [1.82, 2.24) is 0 Å². The lowest BCUT2D eigenvalue weighted by Gasteiger charge is -2.27. The summed E-state index contributed by atoms with van der Waals surface area (Å²) in [6.45, 7) is 8.60. The maximum absolute atomic E-state index is 12.7. The van der Waals surface area contributed by atoms with Crippen molar-refractivity contribution in [3.8, 4) is 11.8 Å². The van der Waals surface area contributed by atoms with Crippen molar-refractivity contribution in [1.29, 1.82) is 5.26 Å². The minimum Gasteiger partial charge on any atom is -0.493 e. The molecule has 1 amide bonds. The van der Waals surface area contributed by atoms with E-state index in [4.69, 9.17) is 9.47 Å². The first-order chi connectivity index (χ1) is 11.9. The van der Waals surface area contributed by atoms with Crippen LogP contribution >= 0.6 is 0 Å². The summed E-state index contributed by atoms with van der Waals surface area (Å²) in [5.41, 5.74) is -0.0564. The van der Waals surface area contributed by atoms with Crippen LogP contribution in [0.1, 0.15) is 58.9 Å². The van der Waals surface area contributed by atoms with Crippen LogP contribution in [0.15, 0.2) is 18.2 Å². The van der Waals surface area contributed by atoms with E-state index in [0.717, 1.165) is 19.3 Å². The van der Waals surface area contributed by atoms with Crippen molar-refractivity contribution >= 4 is 11.6 Å². The Morgan fingerprint density at radius 3 is 2.64 bits per heavy atom. The van der Waals surface area contributed by atoms with Gasteiger partial charge < -0.3 is 14.8 Å². The fourth-order valence-corrected chi connectivity index (χ4v) is 2.35. The molecule has 5 nitrogen and oxygen atoms in total. The number of nitrogens with zero attached hydrogens (tertiary/aromatic N) is 1. The number of carbonyl (C=O) groups excluding carboxylic acids is 1. The molecule has 5 heteroatoms. The van der Waals surface area contributed by atoms with Crippen molar-refractivity contribution in [3.63, 3.8) is 0 Å². The molecule has 1 aromatic carbocycles. The second kappa shape index (κ2) is 10.0. The molecule has 1 atom stereocenters. The zero-order valence-corrected chi connectivity index (χ0v) is 16.0. The van der Waals surface area contributed by atoms with Crippen LogP contribution in [0.3, 0.4) is 0 Å². The predicted molar refractivity (Wildman–Crippen MR) is 99.7 cm³/mol. The summed E-state index contributed by atoms with van der Waals surface area (Å²) in [5.74, 6) is 0.787. The number of amides is 1. The molecule has 0 spiro atoms. The Labute approximate surface area is 151 Å². The Morgan fingerprint density at radius 1 is 1.36 bits per heavy atom. The van der Waals surface area contributed by atoms with Gasteiger partial charge in [0.2, 0.25) is 0 Å². The summed E-state index contributed by atoms with van der Waals surface area (Å²) in [6, 6.07) is 7.23. The van der Waals surface area contributed by atoms with Crippen molar-refractivity contribution in [2.24, 2.45) is 5.92 Å². The molecule has 1 N–H and O–H groups in total. The Hall–Kier alpha value is -2.06. The van der Waals surface area contributed by atoms with E-state index in [9.17, 15) is 10.1 Å². The molecule has 0 aliphatic rings. The van der Waals surface area contributed by atoms with Gasteiger partial charge in [-0.15, -0.1) is 0 Å². The smallest absolute Gasteiger partial charge is 0.256 e. The highest BCUT2D eigenvalue weighted by Gasteiger charge is 2.32. The van der Waals surface area contributed by atoms with Gasteiger partial charge in [0.15, 0.2) is 0 Å². The number of anilines is 1. The molecular formula is C20H30N2O3. The summed E-state index contributed by atoms with van der Waals surface area (Å²) < 4.78 is 11.1. The minimum absolute atomic E-state index is 0.238. The number of ether oxygens (including phenoxy) is 2. The maximum Gasteiger partial charge on any atom is 0.256 e. The molecule has 0 heterocycles. The van der Waals surface area contributed by atoms with Crippen LogP contribution in [-0.2, 0) is 9.53 Å². The SMILES string of the molecule is CCCCC[C@](C)(OC)C(=O)Nc1ccc(OCC(C)C)cc1C#N. The largest absolute Gasteiger partial charge is 0.493 e. The monoisotopic (exact) mass is 346 g/mol. The van der Waals surface area contributed by atoms with Crippen LogP contribution in [0.4, 0.5) is 5.69 Å². The average Bonchev–Trinajstić information content (AvgIpc) is 2.60. The molecule has 138 valence electrons. The van der Waals surface area contributed by atoms with E-state index in [1.165, 1.54) is 0 Å². The lowest BCUT2D eigenvalue weighted by Crippen LogP contribution is -2.42. The highest BCUT2D eigenvalue weighted by atomic mass is 16.5. The summed E-state index contributed by atoms with van der Waals surface area (Å²) in [5, 5.41) is 12.2. The van der Waals surface area contributed by atoms with Crippen LogP contribution < -0.4 is 10.1 Å². The lowest BCUT2D eigenvalue weighted by molar-refractivity contribution is -0.136. The molecule has 0 radical (unpaired) electrons. The number of hydrogen-bond donors (Lipinski definition) is 1. The topological polar surface area (TPSA) is 71.3 Å². The number of benzene rings is 1. The first-order valence-electron chi connectivity index (χ1n) is 8.89. The maximum atomic E-state index is 12.7. The van der Waals surface area contributed by atoms with Crippen molar-refractivity contribution < 1.29 is 14.3 Å². The molecule has 0 fully saturated rings. The molecule has 0 saturated heterocycles. The number of carbonyl (C=O) groups is 1.